The van der Waals surface area contributed by atoms with Crippen molar-refractivity contribution >= 4 is 6.03 Å². The Labute approximate surface area is 161 Å². The van der Waals surface area contributed by atoms with Crippen LogP contribution < -0.4 is 14.8 Å². The number of nitrogens with one attached hydrogen (secondary N) is 1. The molecule has 2 fully saturated rings. The number of carbonyl (C=O) groups excluding carboxylic acids is 1. The summed E-state index contributed by atoms with van der Waals surface area (Å²) < 4.78 is 11.6. The highest BCUT2D eigenvalue weighted by Gasteiger charge is 2.34. The fourth-order valence-corrected chi connectivity index (χ4v) is 4.72. The molecule has 3 heterocycles. The van der Waals surface area contributed by atoms with Crippen LogP contribution in [0, 0.1) is 5.92 Å². The second-order valence-corrected chi connectivity index (χ2v) is 8.07. The van der Waals surface area contributed by atoms with Crippen molar-refractivity contribution in [3.63, 3.8) is 0 Å². The number of rotatable bonds is 4. The number of benzene rings is 1. The van der Waals surface area contributed by atoms with E-state index in [1.165, 1.54) is 45.2 Å². The Balaban J connectivity index is 1.25. The summed E-state index contributed by atoms with van der Waals surface area (Å²) in [6.07, 6.45) is 6.27. The first-order valence-corrected chi connectivity index (χ1v) is 10.3. The van der Waals surface area contributed by atoms with Gasteiger partial charge in [-0.15, -0.1) is 0 Å². The number of para-hydroxylation sites is 2. The van der Waals surface area contributed by atoms with Crippen molar-refractivity contribution in [1.29, 1.82) is 0 Å². The van der Waals surface area contributed by atoms with Crippen LogP contribution >= 0.6 is 0 Å². The molecule has 3 atom stereocenters. The minimum absolute atomic E-state index is 0.0228. The van der Waals surface area contributed by atoms with E-state index in [0.29, 0.717) is 25.1 Å². The van der Waals surface area contributed by atoms with Crippen LogP contribution in [0.4, 0.5) is 4.79 Å². The van der Waals surface area contributed by atoms with E-state index in [-0.39, 0.29) is 12.1 Å². The van der Waals surface area contributed by atoms with Gasteiger partial charge in [-0.05, 0) is 56.8 Å². The average molecular weight is 373 g/mol. The minimum atomic E-state index is -0.152. The summed E-state index contributed by atoms with van der Waals surface area (Å²) in [4.78, 5) is 17.1. The Bertz CT molecular complexity index is 651. The Morgan fingerprint density at radius 3 is 2.89 bits per heavy atom. The molecule has 3 unspecified atom stereocenters. The molecule has 2 amide bonds. The maximum absolute atomic E-state index is 12.6. The largest absolute Gasteiger partial charge is 0.486 e. The molecule has 2 saturated heterocycles. The van der Waals surface area contributed by atoms with Crippen molar-refractivity contribution in [3.05, 3.63) is 24.3 Å². The summed E-state index contributed by atoms with van der Waals surface area (Å²) >= 11 is 0. The lowest BCUT2D eigenvalue weighted by atomic mass is 9.83. The number of piperidine rings is 2. The second-order valence-electron chi connectivity index (χ2n) is 8.07. The topological polar surface area (TPSA) is 54.0 Å². The number of fused-ring (bicyclic) bond motifs is 2. The Morgan fingerprint density at radius 1 is 1.19 bits per heavy atom. The zero-order valence-electron chi connectivity index (χ0n) is 16.2. The molecule has 0 spiro atoms. The van der Waals surface area contributed by atoms with E-state index >= 15 is 0 Å². The predicted octanol–water partition coefficient (Wildman–Crippen LogP) is 2.73. The van der Waals surface area contributed by atoms with Crippen molar-refractivity contribution in [2.75, 3.05) is 39.8 Å². The summed E-state index contributed by atoms with van der Waals surface area (Å²) in [5.74, 6) is 2.11. The molecule has 1 aromatic carbocycles. The predicted molar refractivity (Wildman–Crippen MR) is 104 cm³/mol. The fourth-order valence-electron chi connectivity index (χ4n) is 4.72. The van der Waals surface area contributed by atoms with Gasteiger partial charge in [-0.2, -0.15) is 0 Å². The zero-order chi connectivity index (χ0) is 18.6. The van der Waals surface area contributed by atoms with E-state index in [4.69, 9.17) is 9.47 Å². The van der Waals surface area contributed by atoms with Crippen LogP contribution in [0.25, 0.3) is 0 Å². The molecule has 6 heteroatoms. The smallest absolute Gasteiger partial charge is 0.317 e. The zero-order valence-corrected chi connectivity index (χ0v) is 16.2. The number of ether oxygens (including phenoxy) is 2. The lowest BCUT2D eigenvalue weighted by Gasteiger charge is -2.45. The summed E-state index contributed by atoms with van der Waals surface area (Å²) in [5, 5.41) is 3.01. The van der Waals surface area contributed by atoms with Gasteiger partial charge in [0.15, 0.2) is 17.6 Å². The van der Waals surface area contributed by atoms with Gasteiger partial charge < -0.3 is 24.6 Å². The summed E-state index contributed by atoms with van der Waals surface area (Å²) in [6, 6.07) is 8.29. The van der Waals surface area contributed by atoms with Crippen LogP contribution in [-0.4, -0.2) is 67.8 Å². The highest BCUT2D eigenvalue weighted by atomic mass is 16.6. The molecule has 1 N–H and O–H groups in total. The molecule has 27 heavy (non-hydrogen) atoms. The summed E-state index contributed by atoms with van der Waals surface area (Å²) in [6.45, 7) is 4.21. The van der Waals surface area contributed by atoms with E-state index < -0.39 is 0 Å². The molecule has 0 aliphatic carbocycles. The molecule has 6 nitrogen and oxygen atoms in total. The Kier molecular flexibility index (Phi) is 5.72. The van der Waals surface area contributed by atoms with Gasteiger partial charge in [0, 0.05) is 19.6 Å². The van der Waals surface area contributed by atoms with Gasteiger partial charge in [-0.3, -0.25) is 0 Å². The van der Waals surface area contributed by atoms with E-state index in [2.05, 4.69) is 10.2 Å². The first kappa shape index (κ1) is 18.4. The lowest BCUT2D eigenvalue weighted by molar-refractivity contribution is 0.0481. The van der Waals surface area contributed by atoms with Gasteiger partial charge >= 0.3 is 6.03 Å². The van der Waals surface area contributed by atoms with Crippen molar-refractivity contribution < 1.29 is 14.3 Å². The molecule has 148 valence electrons. The minimum Gasteiger partial charge on any atom is -0.486 e. The molecular formula is C21H31N3O3. The van der Waals surface area contributed by atoms with Gasteiger partial charge in [-0.1, -0.05) is 18.6 Å². The standard InChI is InChI=1S/C21H31N3O3/c1-23(14-16-7-6-12-24-11-5-4-8-18(16)24)21(25)22-13-17-15-26-19-9-2-3-10-20(19)27-17/h2-3,9-10,16-18H,4-8,11-15H2,1H3,(H,22,25). The monoisotopic (exact) mass is 373 g/mol. The van der Waals surface area contributed by atoms with Crippen molar-refractivity contribution in [3.8, 4) is 11.5 Å². The number of amides is 2. The van der Waals surface area contributed by atoms with Gasteiger partial charge in [-0.25, -0.2) is 4.79 Å². The van der Waals surface area contributed by atoms with E-state index in [1.807, 2.05) is 36.2 Å². The van der Waals surface area contributed by atoms with Crippen molar-refractivity contribution in [2.24, 2.45) is 5.92 Å². The molecule has 3 aliphatic heterocycles. The first-order valence-electron chi connectivity index (χ1n) is 10.3. The molecule has 3 aliphatic rings. The van der Waals surface area contributed by atoms with Crippen LogP contribution in [0.5, 0.6) is 11.5 Å². The van der Waals surface area contributed by atoms with E-state index in [9.17, 15) is 4.79 Å². The fraction of sp³-hybridized carbons (Fsp3) is 0.667. The first-order chi connectivity index (χ1) is 13.2. The third-order valence-electron chi connectivity index (χ3n) is 6.13. The third kappa shape index (κ3) is 4.32. The third-order valence-corrected chi connectivity index (χ3v) is 6.13. The van der Waals surface area contributed by atoms with E-state index in [1.54, 1.807) is 0 Å². The van der Waals surface area contributed by atoms with Gasteiger partial charge in [0.1, 0.15) is 6.61 Å². The lowest BCUT2D eigenvalue weighted by Crippen LogP contribution is -2.52. The maximum atomic E-state index is 12.6. The number of carbonyl (C=O) groups is 1. The molecule has 4 rings (SSSR count). The SMILES string of the molecule is CN(CC1CCCN2CCCCC12)C(=O)NCC1COc2ccccc2O1. The van der Waals surface area contributed by atoms with Crippen molar-refractivity contribution in [2.45, 2.75) is 44.2 Å². The number of urea groups is 1. The quantitative estimate of drug-likeness (QED) is 0.882. The highest BCUT2D eigenvalue weighted by Crippen LogP contribution is 2.32. The highest BCUT2D eigenvalue weighted by molar-refractivity contribution is 5.73. The molecule has 0 aromatic heterocycles. The van der Waals surface area contributed by atoms with Crippen LogP contribution in [0.1, 0.15) is 32.1 Å². The molecule has 1 aromatic rings. The number of hydrogen-bond donors (Lipinski definition) is 1. The van der Waals surface area contributed by atoms with Crippen LogP contribution in [-0.2, 0) is 0 Å². The van der Waals surface area contributed by atoms with Crippen molar-refractivity contribution in [1.82, 2.24) is 15.1 Å². The Hall–Kier alpha value is -1.95. The Morgan fingerprint density at radius 2 is 2.00 bits per heavy atom. The average Bonchev–Trinajstić information content (AvgIpc) is 2.72. The molecule has 0 radical (unpaired) electrons. The van der Waals surface area contributed by atoms with Crippen LogP contribution in [0.2, 0.25) is 0 Å². The maximum Gasteiger partial charge on any atom is 0.317 e. The van der Waals surface area contributed by atoms with Gasteiger partial charge in [0.25, 0.3) is 0 Å². The second kappa shape index (κ2) is 8.38. The van der Waals surface area contributed by atoms with Gasteiger partial charge in [0.2, 0.25) is 0 Å². The molecule has 0 saturated carbocycles. The summed E-state index contributed by atoms with van der Waals surface area (Å²) in [7, 11) is 1.91. The molecule has 0 bridgehead atoms. The van der Waals surface area contributed by atoms with Gasteiger partial charge in [0.05, 0.1) is 6.54 Å². The van der Waals surface area contributed by atoms with Crippen LogP contribution in [0.3, 0.4) is 0 Å². The number of hydrogen-bond acceptors (Lipinski definition) is 4. The van der Waals surface area contributed by atoms with Crippen LogP contribution in [0.15, 0.2) is 24.3 Å². The number of nitrogens with zero attached hydrogens (tertiary/aromatic N) is 2. The van der Waals surface area contributed by atoms with E-state index in [0.717, 1.165) is 18.0 Å². The summed E-state index contributed by atoms with van der Waals surface area (Å²) in [5.41, 5.74) is 0. The normalized spacial score (nSPS) is 27.5. The molecular weight excluding hydrogens is 342 g/mol.